The summed E-state index contributed by atoms with van der Waals surface area (Å²) < 4.78 is 40.3. The van der Waals surface area contributed by atoms with Gasteiger partial charge in [-0.05, 0) is 86.9 Å². The van der Waals surface area contributed by atoms with Gasteiger partial charge >= 0.3 is 12.0 Å². The maximum absolute atomic E-state index is 14.7. The molecule has 328 valence electrons. The van der Waals surface area contributed by atoms with Gasteiger partial charge in [-0.25, -0.2) is 18.4 Å². The van der Waals surface area contributed by atoms with Gasteiger partial charge in [-0.3, -0.25) is 24.0 Å². The van der Waals surface area contributed by atoms with Crippen LogP contribution >= 0.6 is 0 Å². The highest BCUT2D eigenvalue weighted by Gasteiger charge is 2.47. The van der Waals surface area contributed by atoms with Crippen LogP contribution in [0.15, 0.2) is 36.4 Å². The number of urea groups is 1. The van der Waals surface area contributed by atoms with Crippen LogP contribution in [-0.2, 0) is 51.1 Å². The Balaban J connectivity index is 1.20. The lowest BCUT2D eigenvalue weighted by Crippen LogP contribution is -2.64. The largest absolute Gasteiger partial charge is 0.458 e. The number of likely N-dealkylation sites (N-methyl/N-ethyl adjacent to an activating group) is 1. The number of carbonyl (C=O) groups excluding carboxylic acids is 7. The van der Waals surface area contributed by atoms with Crippen molar-refractivity contribution in [2.75, 3.05) is 56.7 Å². The van der Waals surface area contributed by atoms with Gasteiger partial charge in [-0.15, -0.1) is 0 Å². The Morgan fingerprint density at radius 1 is 0.885 bits per heavy atom. The average molecular weight is 851 g/mol. The number of cyclic esters (lactones) is 1. The van der Waals surface area contributed by atoms with Crippen molar-refractivity contribution < 1.29 is 51.8 Å². The third-order valence-electron chi connectivity index (χ3n) is 12.1. The van der Waals surface area contributed by atoms with E-state index in [2.05, 4.69) is 26.2 Å². The van der Waals surface area contributed by atoms with E-state index < -0.39 is 102 Å². The molecule has 4 fully saturated rings. The van der Waals surface area contributed by atoms with Crippen molar-refractivity contribution in [3.05, 3.63) is 59.2 Å². The van der Waals surface area contributed by atoms with Gasteiger partial charge in [0.1, 0.15) is 54.0 Å². The molecule has 7 amide bonds. The number of halogens is 2. The number of carbonyl (C=O) groups is 7. The zero-order valence-corrected chi connectivity index (χ0v) is 34.6. The molecular weight excluding hydrogens is 799 g/mol. The predicted molar refractivity (Wildman–Crippen MR) is 215 cm³/mol. The van der Waals surface area contributed by atoms with Crippen LogP contribution in [0.25, 0.3) is 0 Å². The highest BCUT2D eigenvalue weighted by Crippen LogP contribution is 2.30. The molecule has 19 heteroatoms. The first-order chi connectivity index (χ1) is 29.1. The van der Waals surface area contributed by atoms with E-state index >= 15 is 0 Å². The van der Waals surface area contributed by atoms with Crippen molar-refractivity contribution in [1.29, 1.82) is 0 Å². The summed E-state index contributed by atoms with van der Waals surface area (Å²) in [5, 5.41) is 10.6. The molecule has 7 rings (SSSR count). The number of ether oxygens (including phenoxy) is 2. The molecule has 0 spiro atoms. The molecule has 0 aliphatic carbocycles. The second-order valence-corrected chi connectivity index (χ2v) is 16.7. The molecule has 4 saturated heterocycles. The van der Waals surface area contributed by atoms with Crippen LogP contribution in [0.1, 0.15) is 51.2 Å². The van der Waals surface area contributed by atoms with Crippen molar-refractivity contribution in [2.24, 2.45) is 5.92 Å². The molecule has 2 aromatic rings. The van der Waals surface area contributed by atoms with Crippen molar-refractivity contribution in [3.63, 3.8) is 0 Å². The standard InChI is InChI=1S/C42H52F2N8O9/c1-22-14-33-41(58)61-24(3)35(40(57)50-10-5-6-32(50)39(56)51-12-13-60-21-34(51)37(54)45-23(2)38(55)52(33)20-22)48-36(53)30(17-25-15-27(43)19-28(44)16-25)47-42(59)46-29-7-8-31-26(18-29)9-11-49(31)4/h7-8,15-16,18-19,22-24,30,32-35H,5-6,9-14,17,20-21H2,1-4H3,(H,45,54)(H,48,53)(H2,46,47,59)/t22-,23+,24+,30+,32+,33+,34+,35+/m1/s1. The summed E-state index contributed by atoms with van der Waals surface area (Å²) >= 11 is 0. The Hall–Kier alpha value is -5.85. The molecule has 2 aromatic carbocycles. The number of esters is 1. The van der Waals surface area contributed by atoms with Gasteiger partial charge in [0.15, 0.2) is 0 Å². The minimum Gasteiger partial charge on any atom is -0.458 e. The number of amides is 7. The molecule has 17 nitrogen and oxygen atoms in total. The number of nitrogens with one attached hydrogen (secondary N) is 4. The van der Waals surface area contributed by atoms with E-state index in [0.717, 1.165) is 36.3 Å². The van der Waals surface area contributed by atoms with Gasteiger partial charge in [0, 0.05) is 57.1 Å². The lowest BCUT2D eigenvalue weighted by atomic mass is 10.0. The SMILES string of the molecule is C[C@@H]1C[C@H]2C(=O)O[C@@H](C)[C@H](NC(=O)[C@H](Cc3cc(F)cc(F)c3)NC(=O)Nc3ccc4c(c3)CCN4C)C(=O)N3CCC[C@H]3C(=O)N3CCOC[C@H]3C(=O)N[C@@H](C)C(=O)N2C1. The first-order valence-electron chi connectivity index (χ1n) is 20.7. The van der Waals surface area contributed by atoms with E-state index in [9.17, 15) is 42.3 Å². The van der Waals surface area contributed by atoms with E-state index in [1.165, 1.54) is 28.5 Å². The Labute approximate surface area is 351 Å². The fraction of sp³-hybridized carbons (Fsp3) is 0.548. The third kappa shape index (κ3) is 9.40. The number of anilines is 2. The normalized spacial score (nSPS) is 27.7. The number of hydrogen-bond donors (Lipinski definition) is 4. The Morgan fingerprint density at radius 2 is 1.62 bits per heavy atom. The summed E-state index contributed by atoms with van der Waals surface area (Å²) in [5.41, 5.74) is 2.47. The molecule has 5 aliphatic heterocycles. The molecule has 0 unspecified atom stereocenters. The maximum Gasteiger partial charge on any atom is 0.329 e. The number of fused-ring (bicyclic) bond motifs is 4. The average Bonchev–Trinajstić information content (AvgIpc) is 3.96. The quantitative estimate of drug-likeness (QED) is 0.305. The predicted octanol–water partition coefficient (Wildman–Crippen LogP) is 1.08. The molecule has 5 heterocycles. The lowest BCUT2D eigenvalue weighted by molar-refractivity contribution is -0.164. The van der Waals surface area contributed by atoms with E-state index in [0.29, 0.717) is 18.2 Å². The molecule has 61 heavy (non-hydrogen) atoms. The van der Waals surface area contributed by atoms with E-state index in [-0.39, 0.29) is 57.2 Å². The highest BCUT2D eigenvalue weighted by molar-refractivity contribution is 5.99. The fourth-order valence-electron chi connectivity index (χ4n) is 8.98. The van der Waals surface area contributed by atoms with Crippen LogP contribution in [0.4, 0.5) is 25.0 Å². The van der Waals surface area contributed by atoms with Crippen LogP contribution in [0.3, 0.4) is 0 Å². The number of nitrogens with zero attached hydrogens (tertiary/aromatic N) is 4. The summed E-state index contributed by atoms with van der Waals surface area (Å²) in [7, 11) is 1.95. The topological polar surface area (TPSA) is 199 Å². The number of morpholine rings is 1. The Kier molecular flexibility index (Phi) is 12.8. The van der Waals surface area contributed by atoms with Gasteiger partial charge < -0.3 is 50.3 Å². The molecule has 8 atom stereocenters. The monoisotopic (exact) mass is 850 g/mol. The summed E-state index contributed by atoms with van der Waals surface area (Å²) in [6.45, 7) is 5.82. The van der Waals surface area contributed by atoms with E-state index in [1.807, 2.05) is 26.1 Å². The summed E-state index contributed by atoms with van der Waals surface area (Å²) in [4.78, 5) is 104. The van der Waals surface area contributed by atoms with Crippen LogP contribution in [0, 0.1) is 17.6 Å². The number of rotatable bonds is 6. The van der Waals surface area contributed by atoms with Crippen molar-refractivity contribution in [1.82, 2.24) is 30.7 Å². The Morgan fingerprint density at radius 3 is 2.38 bits per heavy atom. The minimum absolute atomic E-state index is 0.0194. The molecule has 0 saturated carbocycles. The van der Waals surface area contributed by atoms with Gasteiger partial charge in [0.05, 0.1) is 13.2 Å². The Bertz CT molecular complexity index is 2070. The maximum atomic E-state index is 14.7. The van der Waals surface area contributed by atoms with Crippen LogP contribution in [-0.4, -0.2) is 145 Å². The van der Waals surface area contributed by atoms with Crippen LogP contribution < -0.4 is 26.2 Å². The second-order valence-electron chi connectivity index (χ2n) is 16.7. The second kappa shape index (κ2) is 18.0. The lowest BCUT2D eigenvalue weighted by Gasteiger charge is -2.39. The van der Waals surface area contributed by atoms with Crippen molar-refractivity contribution in [2.45, 2.75) is 95.2 Å². The van der Waals surface area contributed by atoms with Crippen molar-refractivity contribution in [3.8, 4) is 0 Å². The van der Waals surface area contributed by atoms with Gasteiger partial charge in [-0.1, -0.05) is 6.92 Å². The van der Waals surface area contributed by atoms with Crippen LogP contribution in [0.2, 0.25) is 0 Å². The molecule has 0 bridgehead atoms. The smallest absolute Gasteiger partial charge is 0.329 e. The zero-order chi connectivity index (χ0) is 43.7. The number of hydrogen-bond acceptors (Lipinski definition) is 10. The summed E-state index contributed by atoms with van der Waals surface area (Å²) in [6, 6.07) is -0.292. The molecule has 5 aliphatic rings. The number of benzene rings is 2. The van der Waals surface area contributed by atoms with Gasteiger partial charge in [-0.2, -0.15) is 0 Å². The highest BCUT2D eigenvalue weighted by atomic mass is 19.1. The van der Waals surface area contributed by atoms with Gasteiger partial charge in [0.2, 0.25) is 29.5 Å². The van der Waals surface area contributed by atoms with Gasteiger partial charge in [0.25, 0.3) is 0 Å². The van der Waals surface area contributed by atoms with E-state index in [4.69, 9.17) is 9.47 Å². The molecule has 0 aromatic heterocycles. The molecule has 4 N–H and O–H groups in total. The first-order valence-corrected chi connectivity index (χ1v) is 20.7. The third-order valence-corrected chi connectivity index (χ3v) is 12.1. The summed E-state index contributed by atoms with van der Waals surface area (Å²) in [5.74, 6) is -6.27. The summed E-state index contributed by atoms with van der Waals surface area (Å²) in [6.07, 6.45) is -0.201. The first kappa shape index (κ1) is 43.2. The molecule has 0 radical (unpaired) electrons. The van der Waals surface area contributed by atoms with Crippen molar-refractivity contribution >= 4 is 52.9 Å². The zero-order valence-electron chi connectivity index (χ0n) is 34.6. The minimum atomic E-state index is -1.64. The van der Waals surface area contributed by atoms with Crippen LogP contribution in [0.5, 0.6) is 0 Å². The fourth-order valence-corrected chi connectivity index (χ4v) is 8.98. The molecular formula is C42H52F2N8O9. The van der Waals surface area contributed by atoms with E-state index in [1.54, 1.807) is 6.07 Å².